The molecular weight excluding hydrogens is 378 g/mol. The molecule has 5 nitrogen and oxygen atoms in total. The van der Waals surface area contributed by atoms with E-state index in [9.17, 15) is 9.59 Å². The first-order chi connectivity index (χ1) is 14.4. The maximum atomic E-state index is 12.8. The van der Waals surface area contributed by atoms with Gasteiger partial charge in [-0.3, -0.25) is 4.79 Å². The molecule has 0 aliphatic heterocycles. The highest BCUT2D eigenvalue weighted by Gasteiger charge is 2.12. The molecule has 0 unspecified atom stereocenters. The number of allylic oxidation sites excluding steroid dienone is 1. The van der Waals surface area contributed by atoms with Gasteiger partial charge in [-0.05, 0) is 37.1 Å². The summed E-state index contributed by atoms with van der Waals surface area (Å²) in [6.07, 6.45) is 5.06. The van der Waals surface area contributed by atoms with Crippen LogP contribution in [0.25, 0.3) is 6.08 Å². The number of hydrogen-bond acceptors (Lipinski definition) is 3. The van der Waals surface area contributed by atoms with E-state index in [-0.39, 0.29) is 12.4 Å². The molecule has 0 saturated carbocycles. The second-order valence-electron chi connectivity index (χ2n) is 7.18. The molecule has 0 spiro atoms. The highest BCUT2D eigenvalue weighted by Crippen LogP contribution is 2.13. The van der Waals surface area contributed by atoms with Crippen molar-refractivity contribution in [2.75, 3.05) is 0 Å². The third-order valence-electron chi connectivity index (χ3n) is 4.82. The zero-order valence-corrected chi connectivity index (χ0v) is 17.1. The smallest absolute Gasteiger partial charge is 0.332 e. The first-order valence-corrected chi connectivity index (χ1v) is 9.80. The number of aryl methyl sites for hydroxylation is 1. The highest BCUT2D eigenvalue weighted by molar-refractivity contribution is 6.08. The van der Waals surface area contributed by atoms with Gasteiger partial charge in [0.05, 0.1) is 12.3 Å². The predicted octanol–water partition coefficient (Wildman–Crippen LogP) is 4.73. The van der Waals surface area contributed by atoms with E-state index in [0.717, 1.165) is 16.7 Å². The number of benzene rings is 2. The van der Waals surface area contributed by atoms with E-state index in [0.29, 0.717) is 17.8 Å². The number of ketones is 1. The molecule has 0 amide bonds. The molecule has 0 saturated heterocycles. The van der Waals surface area contributed by atoms with Crippen molar-refractivity contribution in [3.8, 4) is 0 Å². The van der Waals surface area contributed by atoms with Crippen molar-refractivity contribution >= 4 is 17.8 Å². The number of rotatable bonds is 9. The second-order valence-corrected chi connectivity index (χ2v) is 7.18. The Hall–Kier alpha value is -3.44. The molecule has 1 aromatic heterocycles. The fourth-order valence-electron chi connectivity index (χ4n) is 2.95. The van der Waals surface area contributed by atoms with E-state index < -0.39 is 12.1 Å². The number of hydrogen-bond donors (Lipinski definition) is 1. The van der Waals surface area contributed by atoms with Crippen molar-refractivity contribution in [1.82, 2.24) is 4.57 Å². The number of ether oxygens (including phenoxy) is 1. The maximum Gasteiger partial charge on any atom is 0.332 e. The quantitative estimate of drug-likeness (QED) is 0.525. The molecule has 154 valence electrons. The SMILES string of the molecule is Cc1ccc(C(=O)c2cccn2C/C=C/c2ccc(CO[C@H](C)C(=O)O)cc2)cc1. The van der Waals surface area contributed by atoms with Crippen LogP contribution >= 0.6 is 0 Å². The monoisotopic (exact) mass is 403 g/mol. The van der Waals surface area contributed by atoms with Gasteiger partial charge in [-0.2, -0.15) is 0 Å². The summed E-state index contributed by atoms with van der Waals surface area (Å²) < 4.78 is 7.21. The average Bonchev–Trinajstić information content (AvgIpc) is 3.21. The summed E-state index contributed by atoms with van der Waals surface area (Å²) in [6, 6.07) is 19.0. The van der Waals surface area contributed by atoms with E-state index in [1.165, 1.54) is 6.92 Å². The van der Waals surface area contributed by atoms with E-state index >= 15 is 0 Å². The minimum atomic E-state index is -0.972. The Balaban J connectivity index is 1.60. The third kappa shape index (κ3) is 5.55. The lowest BCUT2D eigenvalue weighted by molar-refractivity contribution is -0.149. The van der Waals surface area contributed by atoms with Gasteiger partial charge in [0.15, 0.2) is 6.10 Å². The average molecular weight is 403 g/mol. The van der Waals surface area contributed by atoms with Crippen LogP contribution in [0.5, 0.6) is 0 Å². The molecule has 0 aliphatic carbocycles. The molecule has 30 heavy (non-hydrogen) atoms. The lowest BCUT2D eigenvalue weighted by Gasteiger charge is -2.08. The number of carbonyl (C=O) groups is 2. The van der Waals surface area contributed by atoms with Gasteiger partial charge in [0.25, 0.3) is 0 Å². The van der Waals surface area contributed by atoms with Gasteiger partial charge in [-0.15, -0.1) is 0 Å². The zero-order chi connectivity index (χ0) is 21.5. The lowest BCUT2D eigenvalue weighted by atomic mass is 10.1. The number of nitrogens with zero attached hydrogens (tertiary/aromatic N) is 1. The van der Waals surface area contributed by atoms with E-state index in [1.807, 2.05) is 90.5 Å². The third-order valence-corrected chi connectivity index (χ3v) is 4.82. The molecule has 1 atom stereocenters. The maximum absolute atomic E-state index is 12.8. The lowest BCUT2D eigenvalue weighted by Crippen LogP contribution is -2.19. The summed E-state index contributed by atoms with van der Waals surface area (Å²) in [5.74, 6) is -0.965. The molecule has 3 rings (SSSR count). The molecular formula is C25H25NO4. The van der Waals surface area contributed by atoms with E-state index in [1.54, 1.807) is 0 Å². The van der Waals surface area contributed by atoms with Crippen LogP contribution in [-0.4, -0.2) is 27.5 Å². The van der Waals surface area contributed by atoms with Gasteiger partial charge < -0.3 is 14.4 Å². The largest absolute Gasteiger partial charge is 0.479 e. The van der Waals surface area contributed by atoms with Gasteiger partial charge in [-0.25, -0.2) is 4.79 Å². The standard InChI is InChI=1S/C25H25NO4/c1-18-7-13-22(14-8-18)24(27)23-6-4-16-26(23)15-3-5-20-9-11-21(12-10-20)17-30-19(2)25(28)29/h3-14,16,19H,15,17H2,1-2H3,(H,28,29)/b5-3+/t19-/m1/s1. The Morgan fingerprint density at radius 1 is 1.07 bits per heavy atom. The predicted molar refractivity (Wildman–Crippen MR) is 116 cm³/mol. The highest BCUT2D eigenvalue weighted by atomic mass is 16.5. The van der Waals surface area contributed by atoms with E-state index in [4.69, 9.17) is 9.84 Å². The van der Waals surface area contributed by atoms with Gasteiger partial charge >= 0.3 is 5.97 Å². The summed E-state index contributed by atoms with van der Waals surface area (Å²) in [5.41, 5.74) is 4.39. The summed E-state index contributed by atoms with van der Waals surface area (Å²) in [4.78, 5) is 23.6. The number of carboxylic acid groups (broad SMARTS) is 1. The van der Waals surface area contributed by atoms with Crippen molar-refractivity contribution in [3.05, 3.63) is 101 Å². The minimum Gasteiger partial charge on any atom is -0.479 e. The Morgan fingerprint density at radius 2 is 1.77 bits per heavy atom. The molecule has 1 N–H and O–H groups in total. The van der Waals surface area contributed by atoms with Crippen LogP contribution in [0.1, 0.15) is 39.7 Å². The molecule has 2 aromatic carbocycles. The van der Waals surface area contributed by atoms with Gasteiger partial charge in [0.1, 0.15) is 0 Å². The van der Waals surface area contributed by atoms with Crippen molar-refractivity contribution in [3.63, 3.8) is 0 Å². The van der Waals surface area contributed by atoms with Crippen LogP contribution in [0.2, 0.25) is 0 Å². The molecule has 3 aromatic rings. The molecule has 0 aliphatic rings. The van der Waals surface area contributed by atoms with Crippen LogP contribution < -0.4 is 0 Å². The fourth-order valence-corrected chi connectivity index (χ4v) is 2.95. The molecule has 0 fully saturated rings. The normalized spacial score (nSPS) is 12.2. The number of carboxylic acids is 1. The fraction of sp³-hybridized carbons (Fsp3) is 0.200. The van der Waals surface area contributed by atoms with Crippen molar-refractivity contribution in [2.45, 2.75) is 33.1 Å². The summed E-state index contributed by atoms with van der Waals surface area (Å²) in [7, 11) is 0. The Morgan fingerprint density at radius 3 is 2.43 bits per heavy atom. The van der Waals surface area contributed by atoms with E-state index in [2.05, 4.69) is 0 Å². The Labute approximate surface area is 176 Å². The van der Waals surface area contributed by atoms with Gasteiger partial charge in [-0.1, -0.05) is 66.2 Å². The number of aromatic nitrogens is 1. The van der Waals surface area contributed by atoms with Crippen LogP contribution in [0.3, 0.4) is 0 Å². The first kappa shape index (κ1) is 21.3. The van der Waals surface area contributed by atoms with Crippen molar-refractivity contribution in [1.29, 1.82) is 0 Å². The second kappa shape index (κ2) is 9.85. The zero-order valence-electron chi connectivity index (χ0n) is 17.1. The summed E-state index contributed by atoms with van der Waals surface area (Å²) in [6.45, 7) is 4.35. The Kier molecular flexibility index (Phi) is 6.99. The van der Waals surface area contributed by atoms with Gasteiger partial charge in [0, 0.05) is 18.3 Å². The van der Waals surface area contributed by atoms with Crippen LogP contribution in [0.4, 0.5) is 0 Å². The minimum absolute atomic E-state index is 0.00772. The topological polar surface area (TPSA) is 68.5 Å². The van der Waals surface area contributed by atoms with Crippen LogP contribution in [-0.2, 0) is 22.7 Å². The first-order valence-electron chi connectivity index (χ1n) is 9.80. The molecule has 0 bridgehead atoms. The summed E-state index contributed by atoms with van der Waals surface area (Å²) in [5, 5.41) is 8.85. The number of carbonyl (C=O) groups excluding carboxylic acids is 1. The molecule has 5 heteroatoms. The molecule has 1 heterocycles. The van der Waals surface area contributed by atoms with Crippen molar-refractivity contribution in [2.24, 2.45) is 0 Å². The number of aliphatic carboxylic acids is 1. The summed E-state index contributed by atoms with van der Waals surface area (Å²) >= 11 is 0. The van der Waals surface area contributed by atoms with Crippen LogP contribution in [0.15, 0.2) is 72.9 Å². The van der Waals surface area contributed by atoms with Crippen molar-refractivity contribution < 1.29 is 19.4 Å². The van der Waals surface area contributed by atoms with Crippen LogP contribution in [0, 0.1) is 6.92 Å². The van der Waals surface area contributed by atoms with Gasteiger partial charge in [0.2, 0.25) is 5.78 Å². The molecule has 0 radical (unpaired) electrons. The Bertz CT molecular complexity index is 1030.